The molecule has 0 radical (unpaired) electrons. The van der Waals surface area contributed by atoms with E-state index in [-0.39, 0.29) is 0 Å². The molecule has 2 aliphatic rings. The Bertz CT molecular complexity index is 982. The first-order valence-electron chi connectivity index (χ1n) is 11.0. The van der Waals surface area contributed by atoms with Crippen molar-refractivity contribution in [2.45, 2.75) is 19.3 Å². The van der Waals surface area contributed by atoms with Crippen LogP contribution in [0.2, 0.25) is 0 Å². The van der Waals surface area contributed by atoms with Crippen LogP contribution in [0.5, 0.6) is 0 Å². The summed E-state index contributed by atoms with van der Waals surface area (Å²) in [5.41, 5.74) is 2.89. The van der Waals surface area contributed by atoms with Gasteiger partial charge in [0.25, 0.3) is 0 Å². The molecule has 2 aliphatic heterocycles. The van der Waals surface area contributed by atoms with Crippen molar-refractivity contribution in [1.29, 1.82) is 0 Å². The van der Waals surface area contributed by atoms with E-state index in [0.29, 0.717) is 0 Å². The van der Waals surface area contributed by atoms with Crippen LogP contribution in [-0.2, 0) is 4.74 Å². The van der Waals surface area contributed by atoms with Gasteiger partial charge in [0, 0.05) is 43.5 Å². The van der Waals surface area contributed by atoms with E-state index < -0.39 is 0 Å². The van der Waals surface area contributed by atoms with Crippen molar-refractivity contribution in [3.05, 3.63) is 48.8 Å². The van der Waals surface area contributed by atoms with Crippen LogP contribution in [0.4, 0.5) is 23.1 Å². The summed E-state index contributed by atoms with van der Waals surface area (Å²) in [7, 11) is 0. The van der Waals surface area contributed by atoms with Gasteiger partial charge in [-0.1, -0.05) is 12.1 Å². The van der Waals surface area contributed by atoms with Crippen molar-refractivity contribution >= 4 is 23.1 Å². The van der Waals surface area contributed by atoms with Crippen LogP contribution < -0.4 is 15.1 Å². The van der Waals surface area contributed by atoms with E-state index in [2.05, 4.69) is 59.5 Å². The third-order valence-corrected chi connectivity index (χ3v) is 5.77. The smallest absolute Gasteiger partial charge is 0.151 e. The van der Waals surface area contributed by atoms with E-state index >= 15 is 0 Å². The molecule has 8 heteroatoms. The lowest BCUT2D eigenvalue weighted by atomic mass is 10.1. The Morgan fingerprint density at radius 2 is 1.52 bits per heavy atom. The minimum absolute atomic E-state index is 0.732. The zero-order chi connectivity index (χ0) is 20.9. The predicted octanol–water partition coefficient (Wildman–Crippen LogP) is 3.50. The van der Waals surface area contributed by atoms with Crippen LogP contribution in [0.3, 0.4) is 0 Å². The second-order valence-corrected chi connectivity index (χ2v) is 7.89. The topological polar surface area (TPSA) is 79.3 Å². The zero-order valence-corrected chi connectivity index (χ0v) is 17.6. The number of aromatic nitrogens is 4. The van der Waals surface area contributed by atoms with Crippen LogP contribution in [-0.4, -0.2) is 59.6 Å². The highest BCUT2D eigenvalue weighted by Gasteiger charge is 2.14. The number of hydrogen-bond acceptors (Lipinski definition) is 8. The quantitative estimate of drug-likeness (QED) is 0.676. The molecular weight excluding hydrogens is 390 g/mol. The molecule has 1 N–H and O–H groups in total. The maximum atomic E-state index is 5.42. The predicted molar refractivity (Wildman–Crippen MR) is 122 cm³/mol. The fourth-order valence-electron chi connectivity index (χ4n) is 4.02. The van der Waals surface area contributed by atoms with E-state index in [4.69, 9.17) is 4.74 Å². The third kappa shape index (κ3) is 4.74. The van der Waals surface area contributed by atoms with E-state index in [1.165, 1.54) is 19.3 Å². The number of rotatable bonds is 5. The van der Waals surface area contributed by atoms with Gasteiger partial charge in [-0.2, -0.15) is 0 Å². The molecule has 3 aromatic rings. The van der Waals surface area contributed by atoms with Crippen molar-refractivity contribution in [3.63, 3.8) is 0 Å². The lowest BCUT2D eigenvalue weighted by Gasteiger charge is -2.27. The van der Waals surface area contributed by atoms with Crippen LogP contribution >= 0.6 is 0 Å². The normalized spacial score (nSPS) is 16.9. The molecule has 0 spiro atoms. The fraction of sp³-hybridized carbons (Fsp3) is 0.391. The zero-order valence-electron chi connectivity index (χ0n) is 17.6. The molecule has 0 bridgehead atoms. The first-order chi connectivity index (χ1) is 15.3. The Balaban J connectivity index is 1.25. The minimum atomic E-state index is 0.732. The van der Waals surface area contributed by atoms with Crippen molar-refractivity contribution in [1.82, 2.24) is 20.2 Å². The second-order valence-electron chi connectivity index (χ2n) is 7.89. The molecule has 4 heterocycles. The summed E-state index contributed by atoms with van der Waals surface area (Å²) in [4.78, 5) is 13.3. The molecule has 8 nitrogen and oxygen atoms in total. The SMILES string of the molecule is c1nc(Nc2ccc(-c3ccc(N4CCCCC4)nn3)cc2)cc(N2CCOCC2)n1. The largest absolute Gasteiger partial charge is 0.378 e. The molecule has 5 rings (SSSR count). The standard InChI is InChI=1S/C23H27N7O/c1-2-10-29(11-3-1)22-9-8-20(27-28-22)18-4-6-19(7-5-18)26-21-16-23(25-17-24-21)30-12-14-31-15-13-30/h4-9,16-17H,1-3,10-15H2,(H,24,25,26). The number of hydrogen-bond donors (Lipinski definition) is 1. The first-order valence-corrected chi connectivity index (χ1v) is 11.0. The number of nitrogens with one attached hydrogen (secondary N) is 1. The van der Waals surface area contributed by atoms with Gasteiger partial charge in [0.1, 0.15) is 18.0 Å². The molecule has 0 unspecified atom stereocenters. The van der Waals surface area contributed by atoms with Gasteiger partial charge in [-0.3, -0.25) is 0 Å². The lowest BCUT2D eigenvalue weighted by Crippen LogP contribution is -2.36. The lowest BCUT2D eigenvalue weighted by molar-refractivity contribution is 0.122. The molecule has 0 amide bonds. The van der Waals surface area contributed by atoms with Gasteiger partial charge >= 0.3 is 0 Å². The summed E-state index contributed by atoms with van der Waals surface area (Å²) < 4.78 is 5.42. The van der Waals surface area contributed by atoms with Gasteiger partial charge in [-0.15, -0.1) is 10.2 Å². The van der Waals surface area contributed by atoms with Crippen molar-refractivity contribution < 1.29 is 4.74 Å². The number of morpholine rings is 1. The Morgan fingerprint density at radius 3 is 2.26 bits per heavy atom. The van der Waals surface area contributed by atoms with Crippen molar-refractivity contribution in [2.75, 3.05) is 54.5 Å². The Morgan fingerprint density at radius 1 is 0.742 bits per heavy atom. The summed E-state index contributed by atoms with van der Waals surface area (Å²) in [6.45, 7) is 5.31. The van der Waals surface area contributed by atoms with Gasteiger partial charge in [0.05, 0.1) is 18.9 Å². The molecule has 2 aromatic heterocycles. The summed E-state index contributed by atoms with van der Waals surface area (Å²) >= 11 is 0. The Hall–Kier alpha value is -3.26. The van der Waals surface area contributed by atoms with Crippen molar-refractivity contribution in [2.24, 2.45) is 0 Å². The minimum Gasteiger partial charge on any atom is -0.378 e. The van der Waals surface area contributed by atoms with E-state index in [0.717, 1.165) is 73.8 Å². The molecule has 0 saturated carbocycles. The third-order valence-electron chi connectivity index (χ3n) is 5.77. The Labute approximate surface area is 182 Å². The van der Waals surface area contributed by atoms with Crippen LogP contribution in [0.15, 0.2) is 48.8 Å². The molecule has 2 saturated heterocycles. The van der Waals surface area contributed by atoms with E-state index in [1.54, 1.807) is 6.33 Å². The highest BCUT2D eigenvalue weighted by atomic mass is 16.5. The molecule has 0 aliphatic carbocycles. The molecular formula is C23H27N7O. The molecule has 31 heavy (non-hydrogen) atoms. The average Bonchev–Trinajstić information content (AvgIpc) is 2.86. The highest BCUT2D eigenvalue weighted by molar-refractivity contribution is 5.66. The van der Waals surface area contributed by atoms with Crippen LogP contribution in [0.1, 0.15) is 19.3 Å². The highest BCUT2D eigenvalue weighted by Crippen LogP contribution is 2.24. The molecule has 160 valence electrons. The number of anilines is 4. The summed E-state index contributed by atoms with van der Waals surface area (Å²) in [6, 6.07) is 14.3. The van der Waals surface area contributed by atoms with Gasteiger partial charge in [-0.25, -0.2) is 9.97 Å². The summed E-state index contributed by atoms with van der Waals surface area (Å²) in [5.74, 6) is 2.66. The maximum Gasteiger partial charge on any atom is 0.151 e. The van der Waals surface area contributed by atoms with Gasteiger partial charge < -0.3 is 19.9 Å². The maximum absolute atomic E-state index is 5.42. The van der Waals surface area contributed by atoms with Crippen LogP contribution in [0, 0.1) is 0 Å². The summed E-state index contributed by atoms with van der Waals surface area (Å²) in [6.07, 6.45) is 5.38. The molecule has 2 fully saturated rings. The molecule has 1 aromatic carbocycles. The van der Waals surface area contributed by atoms with Gasteiger partial charge in [0.2, 0.25) is 0 Å². The summed E-state index contributed by atoms with van der Waals surface area (Å²) in [5, 5.41) is 12.3. The second kappa shape index (κ2) is 9.26. The number of piperidine rings is 1. The van der Waals surface area contributed by atoms with Crippen LogP contribution in [0.25, 0.3) is 11.3 Å². The Kier molecular flexibility index (Phi) is 5.88. The van der Waals surface area contributed by atoms with E-state index in [1.807, 2.05) is 18.2 Å². The monoisotopic (exact) mass is 417 g/mol. The fourth-order valence-corrected chi connectivity index (χ4v) is 4.02. The number of benzene rings is 1. The van der Waals surface area contributed by atoms with Crippen molar-refractivity contribution in [3.8, 4) is 11.3 Å². The van der Waals surface area contributed by atoms with Gasteiger partial charge in [0.15, 0.2) is 5.82 Å². The van der Waals surface area contributed by atoms with Gasteiger partial charge in [-0.05, 0) is 43.5 Å². The number of nitrogens with zero attached hydrogens (tertiary/aromatic N) is 6. The molecule has 0 atom stereocenters. The average molecular weight is 418 g/mol. The first kappa shape index (κ1) is 19.7. The van der Waals surface area contributed by atoms with E-state index in [9.17, 15) is 0 Å². The number of ether oxygens (including phenoxy) is 1.